The lowest BCUT2D eigenvalue weighted by Crippen LogP contribution is -2.48. The van der Waals surface area contributed by atoms with Crippen LogP contribution in [0.3, 0.4) is 0 Å². The molecule has 1 amide bonds. The highest BCUT2D eigenvalue weighted by Crippen LogP contribution is 2.39. The summed E-state index contributed by atoms with van der Waals surface area (Å²) in [6, 6.07) is 20.8. The molecule has 0 aromatic heterocycles. The van der Waals surface area contributed by atoms with Crippen molar-refractivity contribution >= 4 is 5.91 Å². The van der Waals surface area contributed by atoms with Gasteiger partial charge in [-0.3, -0.25) is 9.69 Å². The van der Waals surface area contributed by atoms with Gasteiger partial charge in [0, 0.05) is 30.6 Å². The minimum absolute atomic E-state index is 0.193. The third-order valence-electron chi connectivity index (χ3n) is 6.86. The number of rotatable bonds is 4. The summed E-state index contributed by atoms with van der Waals surface area (Å²) in [5, 5.41) is 3.37. The number of benzene rings is 2. The van der Waals surface area contributed by atoms with Gasteiger partial charge in [-0.1, -0.05) is 54.6 Å². The Kier molecular flexibility index (Phi) is 4.48. The number of nitrogens with one attached hydrogen (secondary N) is 1. The van der Waals surface area contributed by atoms with E-state index in [1.165, 1.54) is 29.5 Å². The van der Waals surface area contributed by atoms with E-state index in [0.717, 1.165) is 32.2 Å². The molecule has 3 nitrogen and oxygen atoms in total. The van der Waals surface area contributed by atoms with Crippen LogP contribution in [0.25, 0.3) is 0 Å². The molecular formula is C24H28N2O. The van der Waals surface area contributed by atoms with Gasteiger partial charge in [-0.15, -0.1) is 0 Å². The average Bonchev–Trinajstić information content (AvgIpc) is 3.18. The van der Waals surface area contributed by atoms with Crippen molar-refractivity contribution in [2.75, 3.05) is 0 Å². The van der Waals surface area contributed by atoms with E-state index in [2.05, 4.69) is 64.8 Å². The van der Waals surface area contributed by atoms with Crippen LogP contribution in [0.1, 0.15) is 42.4 Å². The Labute approximate surface area is 161 Å². The molecule has 27 heavy (non-hydrogen) atoms. The van der Waals surface area contributed by atoms with Crippen LogP contribution in [0.2, 0.25) is 0 Å². The molecule has 2 fully saturated rings. The molecule has 2 aromatic rings. The monoisotopic (exact) mass is 360 g/mol. The smallest absolute Gasteiger partial charge is 0.223 e. The molecule has 2 heterocycles. The summed E-state index contributed by atoms with van der Waals surface area (Å²) in [5.74, 6) is 0.488. The first-order chi connectivity index (χ1) is 13.3. The number of fused-ring (bicyclic) bond motifs is 3. The van der Waals surface area contributed by atoms with E-state index < -0.39 is 0 Å². The Morgan fingerprint density at radius 3 is 2.11 bits per heavy atom. The Balaban J connectivity index is 1.19. The van der Waals surface area contributed by atoms with E-state index in [1.54, 1.807) is 0 Å². The van der Waals surface area contributed by atoms with Crippen molar-refractivity contribution in [3.63, 3.8) is 0 Å². The average molecular weight is 361 g/mol. The van der Waals surface area contributed by atoms with Crippen molar-refractivity contribution in [1.29, 1.82) is 0 Å². The molecule has 1 aliphatic carbocycles. The first kappa shape index (κ1) is 17.0. The van der Waals surface area contributed by atoms with Crippen LogP contribution in [0.4, 0.5) is 0 Å². The van der Waals surface area contributed by atoms with Crippen LogP contribution in [-0.4, -0.2) is 28.9 Å². The molecule has 1 unspecified atom stereocenters. The van der Waals surface area contributed by atoms with Crippen LogP contribution >= 0.6 is 0 Å². The maximum atomic E-state index is 13.0. The molecule has 0 saturated carbocycles. The molecule has 0 spiro atoms. The van der Waals surface area contributed by atoms with Gasteiger partial charge in [0.2, 0.25) is 5.91 Å². The predicted octanol–water partition coefficient (Wildman–Crippen LogP) is 3.71. The van der Waals surface area contributed by atoms with E-state index in [1.807, 2.05) is 0 Å². The number of hydrogen-bond acceptors (Lipinski definition) is 2. The second-order valence-corrected chi connectivity index (χ2v) is 8.59. The van der Waals surface area contributed by atoms with Gasteiger partial charge in [0.05, 0.1) is 0 Å². The van der Waals surface area contributed by atoms with E-state index in [4.69, 9.17) is 0 Å². The lowest BCUT2D eigenvalue weighted by atomic mass is 9.89. The molecule has 2 aromatic carbocycles. The number of carbonyl (C=O) groups is 1. The largest absolute Gasteiger partial charge is 0.352 e. The molecule has 3 aliphatic rings. The summed E-state index contributed by atoms with van der Waals surface area (Å²) in [5.41, 5.74) is 4.20. The molecule has 3 atom stereocenters. The molecule has 3 heteroatoms. The van der Waals surface area contributed by atoms with Gasteiger partial charge in [-0.25, -0.2) is 0 Å². The van der Waals surface area contributed by atoms with Crippen molar-refractivity contribution < 1.29 is 4.79 Å². The van der Waals surface area contributed by atoms with Crippen molar-refractivity contribution in [2.24, 2.45) is 5.92 Å². The number of amides is 1. The van der Waals surface area contributed by atoms with Crippen LogP contribution < -0.4 is 5.32 Å². The van der Waals surface area contributed by atoms with Crippen LogP contribution in [0.5, 0.6) is 0 Å². The van der Waals surface area contributed by atoms with E-state index in [-0.39, 0.29) is 12.0 Å². The lowest BCUT2D eigenvalue weighted by molar-refractivity contribution is -0.128. The summed E-state index contributed by atoms with van der Waals surface area (Å²) >= 11 is 0. The Morgan fingerprint density at radius 2 is 1.48 bits per heavy atom. The van der Waals surface area contributed by atoms with Crippen molar-refractivity contribution in [3.05, 3.63) is 71.3 Å². The fraction of sp³-hybridized carbons (Fsp3) is 0.458. The zero-order valence-corrected chi connectivity index (χ0v) is 15.8. The van der Waals surface area contributed by atoms with Crippen LogP contribution in [0.15, 0.2) is 54.6 Å². The molecule has 2 bridgehead atoms. The van der Waals surface area contributed by atoms with E-state index in [9.17, 15) is 4.79 Å². The Morgan fingerprint density at radius 1 is 0.889 bits per heavy atom. The van der Waals surface area contributed by atoms with Gasteiger partial charge < -0.3 is 5.32 Å². The number of carbonyl (C=O) groups excluding carboxylic acids is 1. The molecule has 140 valence electrons. The van der Waals surface area contributed by atoms with Gasteiger partial charge in [0.1, 0.15) is 0 Å². The van der Waals surface area contributed by atoms with Crippen LogP contribution in [0, 0.1) is 5.92 Å². The zero-order chi connectivity index (χ0) is 18.2. The van der Waals surface area contributed by atoms with Crippen molar-refractivity contribution in [1.82, 2.24) is 10.2 Å². The minimum Gasteiger partial charge on any atom is -0.352 e. The number of hydrogen-bond donors (Lipinski definition) is 1. The molecule has 5 rings (SSSR count). The van der Waals surface area contributed by atoms with Crippen molar-refractivity contribution in [2.45, 2.75) is 63.2 Å². The Bertz CT molecular complexity index is 779. The lowest BCUT2D eigenvalue weighted by Gasteiger charge is -2.38. The molecule has 2 aliphatic heterocycles. The predicted molar refractivity (Wildman–Crippen MR) is 107 cm³/mol. The van der Waals surface area contributed by atoms with E-state index >= 15 is 0 Å². The van der Waals surface area contributed by atoms with Gasteiger partial charge in [0.25, 0.3) is 0 Å². The normalized spacial score (nSPS) is 27.5. The van der Waals surface area contributed by atoms with Gasteiger partial charge in [0.15, 0.2) is 0 Å². The highest BCUT2D eigenvalue weighted by atomic mass is 16.2. The minimum atomic E-state index is 0.193. The van der Waals surface area contributed by atoms with Crippen LogP contribution in [-0.2, 0) is 24.2 Å². The first-order valence-electron chi connectivity index (χ1n) is 10.4. The summed E-state index contributed by atoms with van der Waals surface area (Å²) in [7, 11) is 0. The number of piperidine rings is 1. The van der Waals surface area contributed by atoms with E-state index in [0.29, 0.717) is 18.0 Å². The fourth-order valence-electron chi connectivity index (χ4n) is 5.52. The maximum Gasteiger partial charge on any atom is 0.223 e. The summed E-state index contributed by atoms with van der Waals surface area (Å²) < 4.78 is 0. The van der Waals surface area contributed by atoms with Gasteiger partial charge in [-0.05, 0) is 55.2 Å². The standard InChI is InChI=1S/C24H28N2O/c27-24(25-21-12-18-8-4-5-9-19(18)13-21)20-14-22-10-11-23(15-20)26(22)16-17-6-2-1-3-7-17/h1-9,20-23H,10-16H2,(H,25,27)/t20?,22-,23+. The molecular weight excluding hydrogens is 332 g/mol. The first-order valence-corrected chi connectivity index (χ1v) is 10.4. The fourth-order valence-corrected chi connectivity index (χ4v) is 5.52. The van der Waals surface area contributed by atoms with Crippen molar-refractivity contribution in [3.8, 4) is 0 Å². The summed E-state index contributed by atoms with van der Waals surface area (Å²) in [6.07, 6.45) is 6.51. The molecule has 1 N–H and O–H groups in total. The highest BCUT2D eigenvalue weighted by Gasteiger charge is 2.43. The summed E-state index contributed by atoms with van der Waals surface area (Å²) in [6.45, 7) is 1.03. The quantitative estimate of drug-likeness (QED) is 0.901. The third kappa shape index (κ3) is 3.41. The second-order valence-electron chi connectivity index (χ2n) is 8.59. The van der Waals surface area contributed by atoms with Gasteiger partial charge in [-0.2, -0.15) is 0 Å². The third-order valence-corrected chi connectivity index (χ3v) is 6.86. The second kappa shape index (κ2) is 7.12. The zero-order valence-electron chi connectivity index (χ0n) is 15.8. The van der Waals surface area contributed by atoms with Gasteiger partial charge >= 0.3 is 0 Å². The molecule has 0 radical (unpaired) electrons. The summed E-state index contributed by atoms with van der Waals surface area (Å²) in [4.78, 5) is 15.6. The molecule has 2 saturated heterocycles. The Hall–Kier alpha value is -2.13. The topological polar surface area (TPSA) is 32.3 Å². The SMILES string of the molecule is O=C(NC1Cc2ccccc2C1)C1C[C@H]2CC[C@@H](C1)N2Cc1ccccc1. The number of nitrogens with zero attached hydrogens (tertiary/aromatic N) is 1. The maximum absolute atomic E-state index is 13.0. The highest BCUT2D eigenvalue weighted by molar-refractivity contribution is 5.79.